The Hall–Kier alpha value is -1.12. The van der Waals surface area contributed by atoms with Gasteiger partial charge < -0.3 is 10.6 Å². The standard InChI is InChI=1S/C14H27N5O2S/c1-4-18(22(3,20)21)7-5-6-15-9-13-10-16-14-8-12(2)17-19(14)11-13/h8,13,15-16H,4-7,9-11H2,1-3H3. The Kier molecular flexibility index (Phi) is 5.82. The van der Waals surface area contributed by atoms with Crippen molar-refractivity contribution >= 4 is 15.8 Å². The van der Waals surface area contributed by atoms with Gasteiger partial charge in [0.2, 0.25) is 10.0 Å². The molecule has 126 valence electrons. The lowest BCUT2D eigenvalue weighted by atomic mass is 10.1. The number of hydrogen-bond acceptors (Lipinski definition) is 5. The average molecular weight is 329 g/mol. The molecule has 1 aliphatic rings. The summed E-state index contributed by atoms with van der Waals surface area (Å²) in [6.45, 7) is 8.59. The van der Waals surface area contributed by atoms with E-state index in [0.29, 0.717) is 19.0 Å². The van der Waals surface area contributed by atoms with Crippen LogP contribution in [0.5, 0.6) is 0 Å². The highest BCUT2D eigenvalue weighted by Gasteiger charge is 2.19. The zero-order chi connectivity index (χ0) is 16.2. The van der Waals surface area contributed by atoms with Crippen LogP contribution in [0, 0.1) is 12.8 Å². The Labute approximate surface area is 133 Å². The van der Waals surface area contributed by atoms with Gasteiger partial charge in [-0.3, -0.25) is 0 Å². The number of nitrogens with one attached hydrogen (secondary N) is 2. The van der Waals surface area contributed by atoms with Crippen LogP contribution >= 0.6 is 0 Å². The molecule has 0 saturated heterocycles. The molecule has 8 heteroatoms. The number of aryl methyl sites for hydroxylation is 1. The van der Waals surface area contributed by atoms with E-state index in [1.54, 1.807) is 0 Å². The maximum atomic E-state index is 11.5. The molecule has 0 saturated carbocycles. The highest BCUT2D eigenvalue weighted by molar-refractivity contribution is 7.88. The zero-order valence-electron chi connectivity index (χ0n) is 13.7. The first kappa shape index (κ1) is 17.2. The fraction of sp³-hybridized carbons (Fsp3) is 0.786. The molecule has 1 aliphatic heterocycles. The lowest BCUT2D eigenvalue weighted by Crippen LogP contribution is -2.37. The van der Waals surface area contributed by atoms with Crippen LogP contribution in [0.4, 0.5) is 5.82 Å². The van der Waals surface area contributed by atoms with Crippen molar-refractivity contribution < 1.29 is 8.42 Å². The quantitative estimate of drug-likeness (QED) is 0.679. The third kappa shape index (κ3) is 4.69. The second-order valence-electron chi connectivity index (χ2n) is 5.91. The van der Waals surface area contributed by atoms with Crippen LogP contribution in [0.3, 0.4) is 0 Å². The first-order chi connectivity index (χ1) is 10.4. The summed E-state index contributed by atoms with van der Waals surface area (Å²) >= 11 is 0. The van der Waals surface area contributed by atoms with E-state index in [2.05, 4.69) is 21.8 Å². The Balaban J connectivity index is 1.66. The normalized spacial score (nSPS) is 18.3. The fourth-order valence-electron chi connectivity index (χ4n) is 2.77. The molecule has 0 bridgehead atoms. The van der Waals surface area contributed by atoms with Crippen LogP contribution in [0.1, 0.15) is 19.0 Å². The SMILES string of the molecule is CCN(CCCNCC1CNc2cc(C)nn2C1)S(C)(=O)=O. The number of rotatable bonds is 8. The first-order valence-corrected chi connectivity index (χ1v) is 9.69. The molecule has 2 heterocycles. The van der Waals surface area contributed by atoms with E-state index in [9.17, 15) is 8.42 Å². The summed E-state index contributed by atoms with van der Waals surface area (Å²) in [6.07, 6.45) is 2.09. The molecule has 0 aliphatic carbocycles. The molecule has 1 unspecified atom stereocenters. The van der Waals surface area contributed by atoms with Gasteiger partial charge in [0, 0.05) is 44.7 Å². The molecule has 0 aromatic carbocycles. The van der Waals surface area contributed by atoms with E-state index in [0.717, 1.165) is 44.1 Å². The van der Waals surface area contributed by atoms with Crippen LogP contribution in [0.15, 0.2) is 6.07 Å². The lowest BCUT2D eigenvalue weighted by Gasteiger charge is -2.25. The van der Waals surface area contributed by atoms with Crippen molar-refractivity contribution in [1.82, 2.24) is 19.4 Å². The summed E-state index contributed by atoms with van der Waals surface area (Å²) < 4.78 is 26.5. The number of fused-ring (bicyclic) bond motifs is 1. The molecule has 1 aromatic heterocycles. The minimum absolute atomic E-state index is 0.504. The summed E-state index contributed by atoms with van der Waals surface area (Å²) in [4.78, 5) is 0. The molecular formula is C14H27N5O2S. The molecule has 0 radical (unpaired) electrons. The monoisotopic (exact) mass is 329 g/mol. The number of anilines is 1. The molecule has 0 amide bonds. The second kappa shape index (κ2) is 7.43. The fourth-order valence-corrected chi connectivity index (χ4v) is 3.70. The number of nitrogens with zero attached hydrogens (tertiary/aromatic N) is 3. The zero-order valence-corrected chi connectivity index (χ0v) is 14.5. The van der Waals surface area contributed by atoms with Gasteiger partial charge in [0.1, 0.15) is 5.82 Å². The highest BCUT2D eigenvalue weighted by Crippen LogP contribution is 2.17. The summed E-state index contributed by atoms with van der Waals surface area (Å²) in [7, 11) is -3.07. The van der Waals surface area contributed by atoms with Gasteiger partial charge in [-0.2, -0.15) is 5.10 Å². The maximum Gasteiger partial charge on any atom is 0.211 e. The minimum atomic E-state index is -3.07. The summed E-state index contributed by atoms with van der Waals surface area (Å²) in [5.74, 6) is 1.60. The smallest absolute Gasteiger partial charge is 0.211 e. The predicted octanol–water partition coefficient (Wildman–Crippen LogP) is 0.494. The van der Waals surface area contributed by atoms with Crippen molar-refractivity contribution in [2.75, 3.05) is 44.3 Å². The summed E-state index contributed by atoms with van der Waals surface area (Å²) in [5.41, 5.74) is 1.04. The van der Waals surface area contributed by atoms with Gasteiger partial charge in [-0.25, -0.2) is 17.4 Å². The van der Waals surface area contributed by atoms with E-state index in [4.69, 9.17) is 0 Å². The Bertz CT molecular complexity index is 584. The lowest BCUT2D eigenvalue weighted by molar-refractivity contribution is 0.379. The van der Waals surface area contributed by atoms with Crippen molar-refractivity contribution in [1.29, 1.82) is 0 Å². The van der Waals surface area contributed by atoms with E-state index in [1.807, 2.05) is 18.5 Å². The third-order valence-electron chi connectivity index (χ3n) is 3.92. The molecule has 2 N–H and O–H groups in total. The van der Waals surface area contributed by atoms with Crippen LogP contribution in [-0.4, -0.2) is 61.5 Å². The van der Waals surface area contributed by atoms with Gasteiger partial charge in [0.25, 0.3) is 0 Å². The number of sulfonamides is 1. The Morgan fingerprint density at radius 3 is 3.00 bits per heavy atom. The Morgan fingerprint density at radius 1 is 1.55 bits per heavy atom. The third-order valence-corrected chi connectivity index (χ3v) is 5.30. The number of hydrogen-bond donors (Lipinski definition) is 2. The second-order valence-corrected chi connectivity index (χ2v) is 7.89. The van der Waals surface area contributed by atoms with E-state index >= 15 is 0 Å². The minimum Gasteiger partial charge on any atom is -0.370 e. The van der Waals surface area contributed by atoms with Gasteiger partial charge in [-0.1, -0.05) is 6.92 Å². The summed E-state index contributed by atoms with van der Waals surface area (Å²) in [6, 6.07) is 2.06. The van der Waals surface area contributed by atoms with Gasteiger partial charge in [-0.05, 0) is 19.9 Å². The van der Waals surface area contributed by atoms with Gasteiger partial charge in [0.15, 0.2) is 0 Å². The average Bonchev–Trinajstić information content (AvgIpc) is 2.80. The molecule has 1 aromatic rings. The van der Waals surface area contributed by atoms with E-state index in [-0.39, 0.29) is 0 Å². The van der Waals surface area contributed by atoms with E-state index < -0.39 is 10.0 Å². The molecular weight excluding hydrogens is 302 g/mol. The van der Waals surface area contributed by atoms with Crippen LogP contribution in [0.2, 0.25) is 0 Å². The largest absolute Gasteiger partial charge is 0.370 e. The topological polar surface area (TPSA) is 79.3 Å². The molecule has 0 spiro atoms. The van der Waals surface area contributed by atoms with Crippen molar-refractivity contribution in [3.8, 4) is 0 Å². The van der Waals surface area contributed by atoms with Crippen LogP contribution in [-0.2, 0) is 16.6 Å². The Morgan fingerprint density at radius 2 is 2.32 bits per heavy atom. The summed E-state index contributed by atoms with van der Waals surface area (Å²) in [5, 5.41) is 11.3. The van der Waals surface area contributed by atoms with Gasteiger partial charge >= 0.3 is 0 Å². The van der Waals surface area contributed by atoms with Crippen molar-refractivity contribution in [2.24, 2.45) is 5.92 Å². The van der Waals surface area contributed by atoms with Crippen LogP contribution in [0.25, 0.3) is 0 Å². The van der Waals surface area contributed by atoms with Crippen LogP contribution < -0.4 is 10.6 Å². The van der Waals surface area contributed by atoms with Crippen molar-refractivity contribution in [2.45, 2.75) is 26.8 Å². The van der Waals surface area contributed by atoms with Gasteiger partial charge in [-0.15, -0.1) is 0 Å². The molecule has 0 fully saturated rings. The molecule has 7 nitrogen and oxygen atoms in total. The highest BCUT2D eigenvalue weighted by atomic mass is 32.2. The maximum absolute atomic E-state index is 11.5. The predicted molar refractivity (Wildman–Crippen MR) is 88.5 cm³/mol. The molecule has 2 rings (SSSR count). The molecule has 1 atom stereocenters. The van der Waals surface area contributed by atoms with Crippen molar-refractivity contribution in [3.63, 3.8) is 0 Å². The first-order valence-electron chi connectivity index (χ1n) is 7.84. The van der Waals surface area contributed by atoms with Crippen molar-refractivity contribution in [3.05, 3.63) is 11.8 Å². The van der Waals surface area contributed by atoms with E-state index in [1.165, 1.54) is 10.6 Å². The molecule has 22 heavy (non-hydrogen) atoms. The van der Waals surface area contributed by atoms with Gasteiger partial charge in [0.05, 0.1) is 11.9 Å². The number of aromatic nitrogens is 2.